The molecule has 2 amide bonds. The number of phenols is 1. The highest BCUT2D eigenvalue weighted by atomic mass is 127. The second kappa shape index (κ2) is 6.36. The molecule has 2 rings (SSSR count). The first-order valence-corrected chi connectivity index (χ1v) is 8.28. The van der Waals surface area contributed by atoms with E-state index < -0.39 is 5.91 Å². The maximum absolute atomic E-state index is 12.0. The summed E-state index contributed by atoms with van der Waals surface area (Å²) in [5, 5.41) is 9.61. The Labute approximate surface area is 147 Å². The van der Waals surface area contributed by atoms with E-state index in [9.17, 15) is 14.7 Å². The first-order chi connectivity index (χ1) is 9.43. The van der Waals surface area contributed by atoms with Crippen molar-refractivity contribution in [1.29, 1.82) is 0 Å². The number of hydrogen-bond acceptors (Lipinski definition) is 4. The second-order valence-corrected chi connectivity index (χ2v) is 7.20. The number of halogens is 2. The number of carbonyl (C=O) groups excluding carboxylic acids is 2. The molecule has 1 aliphatic rings. The molecule has 1 aromatic rings. The lowest BCUT2D eigenvalue weighted by Gasteiger charge is -2.07. The van der Waals surface area contributed by atoms with Crippen LogP contribution < -0.4 is 0 Å². The van der Waals surface area contributed by atoms with E-state index in [1.165, 1.54) is 6.08 Å². The fraction of sp³-hybridized carbons (Fsp3) is 0.0769. The Hall–Kier alpha value is -0.730. The van der Waals surface area contributed by atoms with Gasteiger partial charge in [0.1, 0.15) is 5.75 Å². The van der Waals surface area contributed by atoms with Gasteiger partial charge in [0, 0.05) is 9.13 Å². The molecule has 0 unspecified atom stereocenters. The average Bonchev–Trinajstić information content (AvgIpc) is 2.63. The van der Waals surface area contributed by atoms with Gasteiger partial charge in [0.25, 0.3) is 11.1 Å². The molecular formula is C13H7I2NO3S. The third kappa shape index (κ3) is 3.12. The van der Waals surface area contributed by atoms with Crippen molar-refractivity contribution in [3.05, 3.63) is 29.7 Å². The first-order valence-electron chi connectivity index (χ1n) is 5.31. The molecule has 1 N–H and O–H groups in total. The van der Waals surface area contributed by atoms with Gasteiger partial charge in [-0.25, -0.2) is 0 Å². The van der Waals surface area contributed by atoms with Gasteiger partial charge in [-0.2, -0.15) is 0 Å². The van der Waals surface area contributed by atoms with Crippen molar-refractivity contribution in [2.75, 3.05) is 6.54 Å². The van der Waals surface area contributed by atoms with Crippen LogP contribution >= 0.6 is 56.9 Å². The molecule has 102 valence electrons. The summed E-state index contributed by atoms with van der Waals surface area (Å²) in [4.78, 5) is 25.0. The molecule has 1 aromatic carbocycles. The lowest BCUT2D eigenvalue weighted by Crippen LogP contribution is -2.28. The maximum atomic E-state index is 12.0. The zero-order valence-electron chi connectivity index (χ0n) is 9.89. The topological polar surface area (TPSA) is 57.6 Å². The number of terminal acetylenes is 1. The number of nitrogens with zero attached hydrogens (tertiary/aromatic N) is 1. The summed E-state index contributed by atoms with van der Waals surface area (Å²) in [6, 6.07) is 3.56. The molecule has 0 saturated carbocycles. The third-order valence-corrected chi connectivity index (χ3v) is 4.82. The highest BCUT2D eigenvalue weighted by Gasteiger charge is 2.34. The van der Waals surface area contributed by atoms with Crippen LogP contribution in [-0.4, -0.2) is 27.7 Å². The second-order valence-electron chi connectivity index (χ2n) is 3.80. The molecule has 1 saturated heterocycles. The van der Waals surface area contributed by atoms with Gasteiger partial charge in [-0.05, 0) is 75.2 Å². The normalized spacial score (nSPS) is 16.9. The number of phenolic OH excluding ortho intramolecular Hbond substituents is 1. The highest BCUT2D eigenvalue weighted by molar-refractivity contribution is 14.1. The molecule has 0 radical (unpaired) electrons. The predicted octanol–water partition coefficient (Wildman–Crippen LogP) is 3.27. The highest BCUT2D eigenvalue weighted by Crippen LogP contribution is 2.35. The van der Waals surface area contributed by atoms with E-state index in [2.05, 4.69) is 28.5 Å². The Morgan fingerprint density at radius 2 is 2.10 bits per heavy atom. The van der Waals surface area contributed by atoms with Crippen LogP contribution in [0.25, 0.3) is 6.08 Å². The Bertz CT molecular complexity index is 679. The SMILES string of the molecule is C#CCN1C(=O)S/C(=C/c2cc(I)cc(I)c2O)C1=O. The van der Waals surface area contributed by atoms with Crippen molar-refractivity contribution in [2.24, 2.45) is 0 Å². The zero-order chi connectivity index (χ0) is 14.9. The Morgan fingerprint density at radius 1 is 1.40 bits per heavy atom. The lowest BCUT2D eigenvalue weighted by atomic mass is 10.2. The monoisotopic (exact) mass is 511 g/mol. The van der Waals surface area contributed by atoms with Crippen LogP contribution in [-0.2, 0) is 4.79 Å². The van der Waals surface area contributed by atoms with E-state index in [0.29, 0.717) is 9.13 Å². The molecule has 0 aromatic heterocycles. The number of hydrogen-bond donors (Lipinski definition) is 1. The van der Waals surface area contributed by atoms with E-state index >= 15 is 0 Å². The molecule has 1 heterocycles. The van der Waals surface area contributed by atoms with Gasteiger partial charge in [0.2, 0.25) is 0 Å². The van der Waals surface area contributed by atoms with Crippen LogP contribution in [0.2, 0.25) is 0 Å². The Balaban J connectivity index is 2.41. The van der Waals surface area contributed by atoms with Crippen molar-refractivity contribution >= 4 is 74.2 Å². The fourth-order valence-corrected chi connectivity index (χ4v) is 4.28. The standard InChI is InChI=1S/C13H7I2NO3S/c1-2-3-16-12(18)10(20-13(16)19)5-7-4-8(14)6-9(15)11(7)17/h1,4-6,17H,3H2/b10-5+. The van der Waals surface area contributed by atoms with E-state index in [1.54, 1.807) is 6.07 Å². The van der Waals surface area contributed by atoms with Crippen molar-refractivity contribution in [3.8, 4) is 18.1 Å². The van der Waals surface area contributed by atoms with Crippen LogP contribution in [0.15, 0.2) is 17.0 Å². The minimum Gasteiger partial charge on any atom is -0.506 e. The predicted molar refractivity (Wildman–Crippen MR) is 95.1 cm³/mol. The van der Waals surface area contributed by atoms with Crippen LogP contribution in [0.5, 0.6) is 5.75 Å². The fourth-order valence-electron chi connectivity index (χ4n) is 1.56. The zero-order valence-corrected chi connectivity index (χ0v) is 15.0. The molecule has 1 fully saturated rings. The van der Waals surface area contributed by atoms with Crippen molar-refractivity contribution in [3.63, 3.8) is 0 Å². The Morgan fingerprint density at radius 3 is 2.75 bits per heavy atom. The molecular weight excluding hydrogens is 504 g/mol. The van der Waals surface area contributed by atoms with Crippen molar-refractivity contribution in [1.82, 2.24) is 4.90 Å². The number of imide groups is 1. The number of amides is 2. The summed E-state index contributed by atoms with van der Waals surface area (Å²) in [5.74, 6) is 1.94. The molecule has 4 nitrogen and oxygen atoms in total. The van der Waals surface area contributed by atoms with Gasteiger partial charge in [-0.3, -0.25) is 14.5 Å². The van der Waals surface area contributed by atoms with Crippen molar-refractivity contribution < 1.29 is 14.7 Å². The molecule has 0 atom stereocenters. The molecule has 7 heteroatoms. The van der Waals surface area contributed by atoms with Crippen molar-refractivity contribution in [2.45, 2.75) is 0 Å². The number of benzene rings is 1. The minimum atomic E-state index is -0.425. The first kappa shape index (κ1) is 15.7. The maximum Gasteiger partial charge on any atom is 0.294 e. The summed E-state index contributed by atoms with van der Waals surface area (Å²) >= 11 is 4.95. The van der Waals surface area contributed by atoms with E-state index in [0.717, 1.165) is 20.2 Å². The van der Waals surface area contributed by atoms with Crippen LogP contribution in [0.3, 0.4) is 0 Å². The number of carbonyl (C=O) groups is 2. The smallest absolute Gasteiger partial charge is 0.294 e. The molecule has 1 aliphatic heterocycles. The van der Waals surface area contributed by atoms with Gasteiger partial charge in [0.05, 0.1) is 15.0 Å². The molecule has 0 aliphatic carbocycles. The van der Waals surface area contributed by atoms with E-state index in [4.69, 9.17) is 6.42 Å². The van der Waals surface area contributed by atoms with Crippen LogP contribution in [0.1, 0.15) is 5.56 Å². The summed E-state index contributed by atoms with van der Waals surface area (Å²) < 4.78 is 1.61. The largest absolute Gasteiger partial charge is 0.506 e. The van der Waals surface area contributed by atoms with E-state index in [1.807, 2.05) is 28.7 Å². The molecule has 20 heavy (non-hydrogen) atoms. The summed E-state index contributed by atoms with van der Waals surface area (Å²) in [6.45, 7) is -0.0438. The Kier molecular flexibility index (Phi) is 4.98. The number of thioether (sulfide) groups is 1. The summed E-state index contributed by atoms with van der Waals surface area (Å²) in [5.41, 5.74) is 0.507. The lowest BCUT2D eigenvalue weighted by molar-refractivity contribution is -0.122. The van der Waals surface area contributed by atoms with Gasteiger partial charge >= 0.3 is 0 Å². The number of aromatic hydroxyl groups is 1. The quantitative estimate of drug-likeness (QED) is 0.377. The van der Waals surface area contributed by atoms with E-state index in [-0.39, 0.29) is 22.4 Å². The summed E-state index contributed by atoms with van der Waals surface area (Å²) in [7, 11) is 0. The van der Waals surface area contributed by atoms with Gasteiger partial charge in [0.15, 0.2) is 0 Å². The minimum absolute atomic E-state index is 0.0438. The van der Waals surface area contributed by atoms with Gasteiger partial charge < -0.3 is 5.11 Å². The van der Waals surface area contributed by atoms with Gasteiger partial charge in [-0.15, -0.1) is 6.42 Å². The van der Waals surface area contributed by atoms with Gasteiger partial charge in [-0.1, -0.05) is 5.92 Å². The third-order valence-electron chi connectivity index (χ3n) is 2.47. The van der Waals surface area contributed by atoms with Crippen LogP contribution in [0, 0.1) is 19.5 Å². The van der Waals surface area contributed by atoms with Crippen LogP contribution in [0.4, 0.5) is 4.79 Å². The molecule has 0 spiro atoms. The summed E-state index contributed by atoms with van der Waals surface area (Å²) in [6.07, 6.45) is 6.64. The molecule has 0 bridgehead atoms. The number of rotatable bonds is 2. The average molecular weight is 511 g/mol.